The topological polar surface area (TPSA) is 49.4 Å². The number of nitrogens with one attached hydrogen (secondary N) is 1. The van der Waals surface area contributed by atoms with E-state index in [1.807, 2.05) is 24.3 Å². The van der Waals surface area contributed by atoms with Gasteiger partial charge in [0.15, 0.2) is 0 Å². The summed E-state index contributed by atoms with van der Waals surface area (Å²) in [6.07, 6.45) is 0.740. The van der Waals surface area contributed by atoms with E-state index in [1.54, 1.807) is 17.0 Å². The molecule has 1 heterocycles. The quantitative estimate of drug-likeness (QED) is 0.942. The van der Waals surface area contributed by atoms with Gasteiger partial charge in [0.1, 0.15) is 11.9 Å². The molecule has 0 aliphatic carbocycles. The van der Waals surface area contributed by atoms with Gasteiger partial charge in [-0.05, 0) is 35.2 Å². The lowest BCUT2D eigenvalue weighted by Crippen LogP contribution is -2.46. The molecule has 0 aromatic heterocycles. The van der Waals surface area contributed by atoms with E-state index in [4.69, 9.17) is 0 Å². The molecule has 1 N–H and O–H groups in total. The number of benzene rings is 2. The van der Waals surface area contributed by atoms with E-state index in [0.717, 1.165) is 17.5 Å². The van der Waals surface area contributed by atoms with Crippen LogP contribution in [0, 0.1) is 5.82 Å². The molecule has 2 aromatic carbocycles. The minimum Gasteiger partial charge on any atom is -0.350 e. The number of carbonyl (C=O) groups is 2. The second-order valence-electron chi connectivity index (χ2n) is 5.91. The lowest BCUT2D eigenvalue weighted by atomic mass is 9.92. The molecule has 0 spiro atoms. The second-order valence-corrected chi connectivity index (χ2v) is 5.91. The first-order valence-corrected chi connectivity index (χ1v) is 7.93. The van der Waals surface area contributed by atoms with Gasteiger partial charge in [-0.15, -0.1) is 0 Å². The van der Waals surface area contributed by atoms with Gasteiger partial charge in [0.2, 0.25) is 11.8 Å². The summed E-state index contributed by atoms with van der Waals surface area (Å²) in [5, 5.41) is 2.82. The Morgan fingerprint density at radius 3 is 2.75 bits per heavy atom. The molecule has 1 aliphatic rings. The largest absolute Gasteiger partial charge is 0.350 e. The van der Waals surface area contributed by atoms with Crippen molar-refractivity contribution >= 4 is 11.8 Å². The Hall–Kier alpha value is -2.69. The van der Waals surface area contributed by atoms with Crippen LogP contribution in [0.15, 0.2) is 48.5 Å². The number of halogens is 1. The van der Waals surface area contributed by atoms with Crippen LogP contribution >= 0.6 is 0 Å². The number of fused-ring (bicyclic) bond motifs is 1. The van der Waals surface area contributed by atoms with Gasteiger partial charge in [-0.25, -0.2) is 4.39 Å². The van der Waals surface area contributed by atoms with Crippen molar-refractivity contribution in [2.45, 2.75) is 25.9 Å². The first kappa shape index (κ1) is 16.2. The summed E-state index contributed by atoms with van der Waals surface area (Å²) in [6.45, 7) is 2.21. The van der Waals surface area contributed by atoms with Crippen LogP contribution in [-0.4, -0.2) is 23.3 Å². The fraction of sp³-hybridized carbons (Fsp3) is 0.263. The Balaban J connectivity index is 1.81. The van der Waals surface area contributed by atoms with E-state index in [1.165, 1.54) is 19.1 Å². The van der Waals surface area contributed by atoms with Crippen LogP contribution in [0.3, 0.4) is 0 Å². The third kappa shape index (κ3) is 3.30. The van der Waals surface area contributed by atoms with E-state index in [-0.39, 0.29) is 24.2 Å². The first-order valence-electron chi connectivity index (χ1n) is 7.93. The van der Waals surface area contributed by atoms with Gasteiger partial charge < -0.3 is 10.2 Å². The van der Waals surface area contributed by atoms with Crippen LogP contribution in [0.2, 0.25) is 0 Å². The Bertz CT molecular complexity index is 775. The van der Waals surface area contributed by atoms with Crippen molar-refractivity contribution in [1.29, 1.82) is 0 Å². The van der Waals surface area contributed by atoms with E-state index in [2.05, 4.69) is 5.32 Å². The van der Waals surface area contributed by atoms with Gasteiger partial charge in [0, 0.05) is 20.0 Å². The van der Waals surface area contributed by atoms with Crippen LogP contribution in [0.25, 0.3) is 0 Å². The summed E-state index contributed by atoms with van der Waals surface area (Å²) in [4.78, 5) is 26.3. The molecule has 1 atom stereocenters. The minimum atomic E-state index is -0.638. The van der Waals surface area contributed by atoms with Gasteiger partial charge in [0.05, 0.1) is 0 Å². The van der Waals surface area contributed by atoms with Crippen molar-refractivity contribution in [3.05, 3.63) is 71.0 Å². The highest BCUT2D eigenvalue weighted by molar-refractivity contribution is 5.88. The summed E-state index contributed by atoms with van der Waals surface area (Å²) in [6, 6.07) is 13.1. The molecule has 0 radical (unpaired) electrons. The zero-order chi connectivity index (χ0) is 17.1. The van der Waals surface area contributed by atoms with Gasteiger partial charge in [0.25, 0.3) is 0 Å². The Morgan fingerprint density at radius 2 is 2.00 bits per heavy atom. The molecule has 0 saturated heterocycles. The van der Waals surface area contributed by atoms with Crippen molar-refractivity contribution in [1.82, 2.24) is 10.2 Å². The Kier molecular flexibility index (Phi) is 4.60. The maximum absolute atomic E-state index is 13.2. The molecule has 0 saturated carbocycles. The van der Waals surface area contributed by atoms with E-state index in [0.29, 0.717) is 12.1 Å². The van der Waals surface area contributed by atoms with Gasteiger partial charge >= 0.3 is 0 Å². The van der Waals surface area contributed by atoms with E-state index < -0.39 is 6.04 Å². The Morgan fingerprint density at radius 1 is 1.21 bits per heavy atom. The minimum absolute atomic E-state index is 0.129. The van der Waals surface area contributed by atoms with Gasteiger partial charge in [-0.3, -0.25) is 9.59 Å². The highest BCUT2D eigenvalue weighted by Crippen LogP contribution is 2.30. The molecule has 5 heteroatoms. The summed E-state index contributed by atoms with van der Waals surface area (Å²) in [5.74, 6) is -0.716. The summed E-state index contributed by atoms with van der Waals surface area (Å²) >= 11 is 0. The molecule has 1 aliphatic heterocycles. The van der Waals surface area contributed by atoms with Crippen molar-refractivity contribution in [2.75, 3.05) is 6.54 Å². The lowest BCUT2D eigenvalue weighted by molar-refractivity contribution is -0.139. The third-order valence-electron chi connectivity index (χ3n) is 4.29. The second kappa shape index (κ2) is 6.83. The monoisotopic (exact) mass is 326 g/mol. The maximum Gasteiger partial charge on any atom is 0.247 e. The maximum atomic E-state index is 13.2. The van der Waals surface area contributed by atoms with Crippen molar-refractivity contribution in [3.8, 4) is 0 Å². The highest BCUT2D eigenvalue weighted by Gasteiger charge is 2.34. The van der Waals surface area contributed by atoms with Crippen molar-refractivity contribution in [3.63, 3.8) is 0 Å². The summed E-state index contributed by atoms with van der Waals surface area (Å²) < 4.78 is 13.2. The molecule has 124 valence electrons. The number of carbonyl (C=O) groups excluding carboxylic acids is 2. The molecule has 4 nitrogen and oxygen atoms in total. The van der Waals surface area contributed by atoms with Crippen LogP contribution < -0.4 is 5.32 Å². The SMILES string of the molecule is CC(=O)N1CCc2ccccc2C1C(=O)NCc1cccc(F)c1. The van der Waals surface area contributed by atoms with Crippen LogP contribution in [0.1, 0.15) is 29.7 Å². The molecular formula is C19H19FN2O2. The van der Waals surface area contributed by atoms with Crippen LogP contribution in [-0.2, 0) is 22.6 Å². The average Bonchev–Trinajstić information content (AvgIpc) is 2.58. The number of nitrogens with zero attached hydrogens (tertiary/aromatic N) is 1. The molecule has 1 unspecified atom stereocenters. The van der Waals surface area contributed by atoms with E-state index >= 15 is 0 Å². The Labute approximate surface area is 140 Å². The predicted octanol–water partition coefficient (Wildman–Crippen LogP) is 2.59. The highest BCUT2D eigenvalue weighted by atomic mass is 19.1. The summed E-state index contributed by atoms with van der Waals surface area (Å²) in [7, 11) is 0. The normalized spacial score (nSPS) is 16.4. The molecule has 3 rings (SSSR count). The third-order valence-corrected chi connectivity index (χ3v) is 4.29. The van der Waals surface area contributed by atoms with Crippen LogP contribution in [0.4, 0.5) is 4.39 Å². The number of hydrogen-bond donors (Lipinski definition) is 1. The van der Waals surface area contributed by atoms with E-state index in [9.17, 15) is 14.0 Å². The van der Waals surface area contributed by atoms with Gasteiger partial charge in [-0.1, -0.05) is 36.4 Å². The number of amides is 2. The molecule has 2 aromatic rings. The molecule has 0 fully saturated rings. The lowest BCUT2D eigenvalue weighted by Gasteiger charge is -2.35. The van der Waals surface area contributed by atoms with Gasteiger partial charge in [-0.2, -0.15) is 0 Å². The van der Waals surface area contributed by atoms with Crippen molar-refractivity contribution < 1.29 is 14.0 Å². The molecule has 24 heavy (non-hydrogen) atoms. The standard InChI is InChI=1S/C19H19FN2O2/c1-13(23)22-10-9-15-6-2-3-8-17(15)18(22)19(24)21-12-14-5-4-7-16(20)11-14/h2-8,11,18H,9-10,12H2,1H3,(H,21,24). The van der Waals surface area contributed by atoms with Crippen LogP contribution in [0.5, 0.6) is 0 Å². The molecular weight excluding hydrogens is 307 g/mol. The number of hydrogen-bond acceptors (Lipinski definition) is 2. The number of rotatable bonds is 3. The van der Waals surface area contributed by atoms with Crippen molar-refractivity contribution in [2.24, 2.45) is 0 Å². The smallest absolute Gasteiger partial charge is 0.247 e. The first-order chi connectivity index (χ1) is 11.6. The zero-order valence-electron chi connectivity index (χ0n) is 13.5. The molecule has 2 amide bonds. The zero-order valence-corrected chi connectivity index (χ0v) is 13.5. The summed E-state index contributed by atoms with van der Waals surface area (Å²) in [5.41, 5.74) is 2.62. The fourth-order valence-corrected chi connectivity index (χ4v) is 3.12. The average molecular weight is 326 g/mol. The predicted molar refractivity (Wildman–Crippen MR) is 88.5 cm³/mol. The molecule has 0 bridgehead atoms. The fourth-order valence-electron chi connectivity index (χ4n) is 3.12.